The molecule has 1 aromatic heterocycles. The number of benzene rings is 3. The maximum atomic E-state index is 12.4. The number of aryl methyl sites for hydroxylation is 2. The van der Waals surface area contributed by atoms with Crippen LogP contribution in [0.25, 0.3) is 11.0 Å². The Kier molecular flexibility index (Phi) is 9.01. The number of rotatable bonds is 12. The van der Waals surface area contributed by atoms with Gasteiger partial charge in [0.1, 0.15) is 11.6 Å². The van der Waals surface area contributed by atoms with Crippen LogP contribution in [0.3, 0.4) is 0 Å². The number of para-hydroxylation sites is 3. The van der Waals surface area contributed by atoms with Gasteiger partial charge in [-0.3, -0.25) is 4.79 Å². The van der Waals surface area contributed by atoms with Gasteiger partial charge in [-0.15, -0.1) is 0 Å². The summed E-state index contributed by atoms with van der Waals surface area (Å²) in [5.41, 5.74) is 4.00. The standard InChI is InChI=1S/C30H34ClN3O2/c1-22(2)25-13-3-6-16-28(25)36-20-8-7-19-34-27-15-5-4-14-26(27)33-29(34)17-10-18-32-30(35)23-11-9-12-24(31)21-23/h3-6,9,11-16,21-22H,7-8,10,17-20H2,1-2H3,(H,32,35). The van der Waals surface area contributed by atoms with Gasteiger partial charge in [0.15, 0.2) is 0 Å². The number of hydrogen-bond donors (Lipinski definition) is 1. The second kappa shape index (κ2) is 12.6. The Balaban J connectivity index is 1.30. The van der Waals surface area contributed by atoms with E-state index in [1.54, 1.807) is 24.3 Å². The van der Waals surface area contributed by atoms with Gasteiger partial charge in [-0.1, -0.05) is 61.8 Å². The summed E-state index contributed by atoms with van der Waals surface area (Å²) in [5.74, 6) is 2.38. The summed E-state index contributed by atoms with van der Waals surface area (Å²) in [6.07, 6.45) is 3.57. The quantitative estimate of drug-likeness (QED) is 0.211. The van der Waals surface area contributed by atoms with Crippen molar-refractivity contribution < 1.29 is 9.53 Å². The second-order valence-electron chi connectivity index (χ2n) is 9.29. The van der Waals surface area contributed by atoms with Gasteiger partial charge in [0.25, 0.3) is 5.91 Å². The van der Waals surface area contributed by atoms with Crippen molar-refractivity contribution in [1.29, 1.82) is 0 Å². The van der Waals surface area contributed by atoms with Gasteiger partial charge in [0.05, 0.1) is 17.6 Å². The first kappa shape index (κ1) is 25.8. The maximum Gasteiger partial charge on any atom is 0.251 e. The van der Waals surface area contributed by atoms with Crippen LogP contribution in [0.15, 0.2) is 72.8 Å². The molecule has 36 heavy (non-hydrogen) atoms. The summed E-state index contributed by atoms with van der Waals surface area (Å²) in [6, 6.07) is 23.6. The highest BCUT2D eigenvalue weighted by molar-refractivity contribution is 6.30. The van der Waals surface area contributed by atoms with Gasteiger partial charge in [0.2, 0.25) is 0 Å². The van der Waals surface area contributed by atoms with Crippen LogP contribution in [0, 0.1) is 0 Å². The Morgan fingerprint density at radius 1 is 1.00 bits per heavy atom. The van der Waals surface area contributed by atoms with Crippen LogP contribution >= 0.6 is 11.6 Å². The number of ether oxygens (including phenoxy) is 1. The molecule has 0 aliphatic heterocycles. The van der Waals surface area contributed by atoms with Crippen molar-refractivity contribution in [3.05, 3.63) is 94.8 Å². The lowest BCUT2D eigenvalue weighted by Crippen LogP contribution is -2.25. The molecule has 188 valence electrons. The minimum absolute atomic E-state index is 0.106. The molecule has 1 heterocycles. The van der Waals surface area contributed by atoms with E-state index >= 15 is 0 Å². The predicted octanol–water partition coefficient (Wildman–Crippen LogP) is 7.03. The fraction of sp³-hybridized carbons (Fsp3) is 0.333. The molecule has 1 amide bonds. The molecule has 0 radical (unpaired) electrons. The molecule has 0 aliphatic carbocycles. The normalized spacial score (nSPS) is 11.2. The smallest absolute Gasteiger partial charge is 0.251 e. The van der Waals surface area contributed by atoms with Crippen LogP contribution in [-0.2, 0) is 13.0 Å². The van der Waals surface area contributed by atoms with Crippen molar-refractivity contribution in [3.8, 4) is 5.75 Å². The Bertz CT molecular complexity index is 1300. The topological polar surface area (TPSA) is 56.1 Å². The molecule has 0 atom stereocenters. The summed E-state index contributed by atoms with van der Waals surface area (Å²) in [4.78, 5) is 17.3. The first-order chi connectivity index (χ1) is 17.5. The molecule has 0 unspecified atom stereocenters. The van der Waals surface area contributed by atoms with Crippen LogP contribution in [0.5, 0.6) is 5.75 Å². The van der Waals surface area contributed by atoms with Gasteiger partial charge in [-0.2, -0.15) is 0 Å². The van der Waals surface area contributed by atoms with Gasteiger partial charge in [-0.05, 0) is 67.1 Å². The highest BCUT2D eigenvalue weighted by Crippen LogP contribution is 2.26. The minimum atomic E-state index is -0.106. The van der Waals surface area contributed by atoms with E-state index in [1.807, 2.05) is 12.1 Å². The van der Waals surface area contributed by atoms with Crippen LogP contribution in [0.4, 0.5) is 0 Å². The average Bonchev–Trinajstić information content (AvgIpc) is 3.23. The van der Waals surface area contributed by atoms with Crippen LogP contribution < -0.4 is 10.1 Å². The van der Waals surface area contributed by atoms with Gasteiger partial charge >= 0.3 is 0 Å². The Hall–Kier alpha value is -3.31. The molecule has 0 aliphatic rings. The van der Waals surface area contributed by atoms with E-state index in [-0.39, 0.29) is 5.91 Å². The number of carbonyl (C=O) groups is 1. The van der Waals surface area contributed by atoms with E-state index in [2.05, 4.69) is 60.1 Å². The number of fused-ring (bicyclic) bond motifs is 1. The van der Waals surface area contributed by atoms with Crippen LogP contribution in [0.1, 0.15) is 60.8 Å². The number of nitrogens with zero attached hydrogens (tertiary/aromatic N) is 2. The molecule has 6 heteroatoms. The molecule has 5 nitrogen and oxygen atoms in total. The van der Waals surface area contributed by atoms with Gasteiger partial charge < -0.3 is 14.6 Å². The lowest BCUT2D eigenvalue weighted by Gasteiger charge is -2.14. The van der Waals surface area contributed by atoms with Crippen molar-refractivity contribution in [2.24, 2.45) is 0 Å². The molecule has 0 fully saturated rings. The third kappa shape index (κ3) is 6.67. The Labute approximate surface area is 218 Å². The number of imidazole rings is 1. The fourth-order valence-electron chi connectivity index (χ4n) is 4.39. The third-order valence-corrected chi connectivity index (χ3v) is 6.49. The Morgan fingerprint density at radius 2 is 1.81 bits per heavy atom. The molecule has 0 saturated heterocycles. The number of aromatic nitrogens is 2. The highest BCUT2D eigenvalue weighted by atomic mass is 35.5. The first-order valence-corrected chi connectivity index (χ1v) is 13.1. The summed E-state index contributed by atoms with van der Waals surface area (Å²) < 4.78 is 8.42. The number of hydrogen-bond acceptors (Lipinski definition) is 3. The minimum Gasteiger partial charge on any atom is -0.493 e. The number of nitrogens with one attached hydrogen (secondary N) is 1. The molecule has 0 bridgehead atoms. The maximum absolute atomic E-state index is 12.4. The Morgan fingerprint density at radius 3 is 2.64 bits per heavy atom. The van der Waals surface area contributed by atoms with Crippen molar-refractivity contribution in [3.63, 3.8) is 0 Å². The van der Waals surface area contributed by atoms with E-state index in [0.717, 1.165) is 54.8 Å². The van der Waals surface area contributed by atoms with E-state index in [0.29, 0.717) is 29.7 Å². The number of carbonyl (C=O) groups excluding carboxylic acids is 1. The zero-order valence-electron chi connectivity index (χ0n) is 21.0. The molecule has 4 rings (SSSR count). The summed E-state index contributed by atoms with van der Waals surface area (Å²) in [6.45, 7) is 6.55. The van der Waals surface area contributed by atoms with E-state index in [1.165, 1.54) is 5.56 Å². The monoisotopic (exact) mass is 503 g/mol. The summed E-state index contributed by atoms with van der Waals surface area (Å²) in [5, 5.41) is 3.55. The zero-order valence-corrected chi connectivity index (χ0v) is 21.8. The number of halogens is 1. The van der Waals surface area contributed by atoms with Crippen molar-refractivity contribution in [2.45, 2.75) is 52.0 Å². The number of unbranched alkanes of at least 4 members (excludes halogenated alkanes) is 1. The SMILES string of the molecule is CC(C)c1ccccc1OCCCCn1c(CCCNC(=O)c2cccc(Cl)c2)nc2ccccc21. The molecule has 1 N–H and O–H groups in total. The lowest BCUT2D eigenvalue weighted by molar-refractivity contribution is 0.0953. The third-order valence-electron chi connectivity index (χ3n) is 6.26. The lowest BCUT2D eigenvalue weighted by atomic mass is 10.0. The molecule has 0 spiro atoms. The second-order valence-corrected chi connectivity index (χ2v) is 9.72. The highest BCUT2D eigenvalue weighted by Gasteiger charge is 2.12. The fourth-order valence-corrected chi connectivity index (χ4v) is 4.58. The van der Waals surface area contributed by atoms with E-state index in [9.17, 15) is 4.79 Å². The summed E-state index contributed by atoms with van der Waals surface area (Å²) >= 11 is 6.00. The molecular weight excluding hydrogens is 470 g/mol. The van der Waals surface area contributed by atoms with Gasteiger partial charge in [0, 0.05) is 30.1 Å². The van der Waals surface area contributed by atoms with Crippen molar-refractivity contribution in [1.82, 2.24) is 14.9 Å². The zero-order chi connectivity index (χ0) is 25.3. The summed E-state index contributed by atoms with van der Waals surface area (Å²) in [7, 11) is 0. The predicted molar refractivity (Wildman–Crippen MR) is 147 cm³/mol. The van der Waals surface area contributed by atoms with Crippen LogP contribution in [-0.4, -0.2) is 28.6 Å². The molecular formula is C30H34ClN3O2. The van der Waals surface area contributed by atoms with E-state index in [4.69, 9.17) is 21.3 Å². The first-order valence-electron chi connectivity index (χ1n) is 12.7. The van der Waals surface area contributed by atoms with Crippen molar-refractivity contribution >= 4 is 28.5 Å². The molecule has 4 aromatic rings. The van der Waals surface area contributed by atoms with Gasteiger partial charge in [-0.25, -0.2) is 4.98 Å². The van der Waals surface area contributed by atoms with Crippen LogP contribution in [0.2, 0.25) is 5.02 Å². The molecule has 3 aromatic carbocycles. The number of amides is 1. The largest absolute Gasteiger partial charge is 0.493 e. The molecule has 0 saturated carbocycles. The van der Waals surface area contributed by atoms with Crippen molar-refractivity contribution in [2.75, 3.05) is 13.2 Å². The average molecular weight is 504 g/mol. The van der Waals surface area contributed by atoms with E-state index < -0.39 is 0 Å².